The number of carbonyl (C=O) groups is 2. The molecule has 144 valence electrons. The number of nitrogens with one attached hydrogen (secondary N) is 2. The number of ether oxygens (including phenoxy) is 1. The van der Waals surface area contributed by atoms with Crippen molar-refractivity contribution in [3.8, 4) is 0 Å². The topological polar surface area (TPSA) is 102 Å². The molecule has 0 atom stereocenters. The van der Waals surface area contributed by atoms with Crippen LogP contribution in [0.3, 0.4) is 0 Å². The number of benzene rings is 2. The fourth-order valence-corrected chi connectivity index (χ4v) is 3.37. The summed E-state index contributed by atoms with van der Waals surface area (Å²) in [5.41, 5.74) is 1.59. The molecule has 0 bridgehead atoms. The molecular formula is C19H22N2O5S. The Balaban J connectivity index is 2.00. The Hall–Kier alpha value is -2.71. The summed E-state index contributed by atoms with van der Waals surface area (Å²) in [7, 11) is -2.20. The zero-order valence-corrected chi connectivity index (χ0v) is 16.0. The average Bonchev–Trinajstić information content (AvgIpc) is 2.63. The van der Waals surface area contributed by atoms with E-state index < -0.39 is 10.0 Å². The van der Waals surface area contributed by atoms with Crippen molar-refractivity contribution in [3.63, 3.8) is 0 Å². The highest BCUT2D eigenvalue weighted by atomic mass is 32.2. The molecule has 0 aliphatic heterocycles. The molecule has 0 fully saturated rings. The van der Waals surface area contributed by atoms with Gasteiger partial charge in [-0.15, -0.1) is 0 Å². The number of Topliss-reactive ketones (excluding diaryl/α,β-unsaturated/α-hetero) is 1. The van der Waals surface area contributed by atoms with Gasteiger partial charge >= 0.3 is 0 Å². The van der Waals surface area contributed by atoms with Crippen molar-refractivity contribution in [2.75, 3.05) is 25.0 Å². The van der Waals surface area contributed by atoms with E-state index in [1.165, 1.54) is 31.2 Å². The second-order valence-electron chi connectivity index (χ2n) is 5.90. The van der Waals surface area contributed by atoms with Gasteiger partial charge in [-0.1, -0.05) is 24.3 Å². The maximum absolute atomic E-state index is 12.4. The molecule has 0 aliphatic rings. The summed E-state index contributed by atoms with van der Waals surface area (Å²) in [5, 5.41) is 2.72. The van der Waals surface area contributed by atoms with Crippen LogP contribution in [0.4, 0.5) is 5.69 Å². The summed E-state index contributed by atoms with van der Waals surface area (Å²) in [6.07, 6.45) is 0.198. The second-order valence-corrected chi connectivity index (χ2v) is 7.58. The molecule has 0 saturated heterocycles. The van der Waals surface area contributed by atoms with Gasteiger partial charge in [0.05, 0.1) is 17.9 Å². The Morgan fingerprint density at radius 3 is 2.19 bits per heavy atom. The van der Waals surface area contributed by atoms with Crippen molar-refractivity contribution in [1.29, 1.82) is 0 Å². The largest absolute Gasteiger partial charge is 0.383 e. The smallest absolute Gasteiger partial charge is 0.261 e. The van der Waals surface area contributed by atoms with Crippen molar-refractivity contribution >= 4 is 27.4 Å². The zero-order chi connectivity index (χ0) is 19.9. The van der Waals surface area contributed by atoms with Crippen molar-refractivity contribution in [2.45, 2.75) is 18.2 Å². The average molecular weight is 390 g/mol. The molecule has 0 heterocycles. The number of hydrogen-bond donors (Lipinski definition) is 2. The summed E-state index contributed by atoms with van der Waals surface area (Å²) in [5.74, 6) is -0.264. The Morgan fingerprint density at radius 1 is 1.00 bits per heavy atom. The monoisotopic (exact) mass is 390 g/mol. The number of carbonyl (C=O) groups excluding carboxylic acids is 2. The van der Waals surface area contributed by atoms with Crippen LogP contribution in [-0.2, 0) is 26.0 Å². The van der Waals surface area contributed by atoms with E-state index in [2.05, 4.69) is 10.0 Å². The van der Waals surface area contributed by atoms with Crippen molar-refractivity contribution in [1.82, 2.24) is 5.32 Å². The number of rotatable bonds is 9. The molecule has 27 heavy (non-hydrogen) atoms. The molecule has 0 aliphatic carbocycles. The third kappa shape index (κ3) is 6.19. The first kappa shape index (κ1) is 20.6. The van der Waals surface area contributed by atoms with E-state index in [0.29, 0.717) is 24.4 Å². The van der Waals surface area contributed by atoms with Gasteiger partial charge in [0, 0.05) is 24.9 Å². The molecule has 1 amide bonds. The van der Waals surface area contributed by atoms with Gasteiger partial charge in [-0.05, 0) is 36.8 Å². The van der Waals surface area contributed by atoms with E-state index >= 15 is 0 Å². The first-order chi connectivity index (χ1) is 12.8. The van der Waals surface area contributed by atoms with Crippen LogP contribution in [0.15, 0.2) is 53.4 Å². The lowest BCUT2D eigenvalue weighted by molar-refractivity contribution is -0.120. The van der Waals surface area contributed by atoms with Crippen LogP contribution >= 0.6 is 0 Å². The Bertz CT molecular complexity index is 891. The van der Waals surface area contributed by atoms with Crippen molar-refractivity contribution in [2.24, 2.45) is 0 Å². The molecule has 7 nitrogen and oxygen atoms in total. The summed E-state index contributed by atoms with van der Waals surface area (Å²) in [6.45, 7) is 2.30. The van der Waals surface area contributed by atoms with E-state index in [4.69, 9.17) is 4.74 Å². The predicted molar refractivity (Wildman–Crippen MR) is 102 cm³/mol. The van der Waals surface area contributed by atoms with Crippen LogP contribution < -0.4 is 10.0 Å². The van der Waals surface area contributed by atoms with E-state index in [1.807, 2.05) is 0 Å². The highest BCUT2D eigenvalue weighted by Gasteiger charge is 2.14. The minimum Gasteiger partial charge on any atom is -0.383 e. The molecule has 8 heteroatoms. The molecule has 0 saturated carbocycles. The summed E-state index contributed by atoms with van der Waals surface area (Å²) < 4.78 is 32.2. The molecule has 0 radical (unpaired) electrons. The SMILES string of the molecule is COCCNC(=O)Cc1ccc(NS(=O)(=O)c2ccc(C(C)=O)cc2)cc1. The normalized spacial score (nSPS) is 11.0. The van der Waals surface area contributed by atoms with Gasteiger partial charge in [-0.25, -0.2) is 8.42 Å². The Labute approximate surface area is 158 Å². The third-order valence-corrected chi connectivity index (χ3v) is 5.17. The van der Waals surface area contributed by atoms with Crippen molar-refractivity contribution in [3.05, 3.63) is 59.7 Å². The standard InChI is InChI=1S/C19H22N2O5S/c1-14(22)16-5-9-18(10-6-16)27(24,25)21-17-7-3-15(4-8-17)13-19(23)20-11-12-26-2/h3-10,21H,11-13H2,1-2H3,(H,20,23). The molecule has 2 aromatic rings. The van der Waals surface area contributed by atoms with Crippen LogP contribution in [0.5, 0.6) is 0 Å². The highest BCUT2D eigenvalue weighted by Crippen LogP contribution is 2.17. The first-order valence-corrected chi connectivity index (χ1v) is 9.78. The van der Waals surface area contributed by atoms with Gasteiger partial charge in [-0.3, -0.25) is 14.3 Å². The first-order valence-electron chi connectivity index (χ1n) is 8.30. The predicted octanol–water partition coefficient (Wildman–Crippen LogP) is 2.00. The van der Waals surface area contributed by atoms with Gasteiger partial charge in [-0.2, -0.15) is 0 Å². The molecule has 0 aromatic heterocycles. The van der Waals surface area contributed by atoms with Crippen LogP contribution in [0.25, 0.3) is 0 Å². The van der Waals surface area contributed by atoms with Gasteiger partial charge < -0.3 is 10.1 Å². The Kier molecular flexibility index (Phi) is 7.09. The zero-order valence-electron chi connectivity index (χ0n) is 15.2. The molecule has 2 aromatic carbocycles. The van der Waals surface area contributed by atoms with E-state index in [1.54, 1.807) is 31.4 Å². The molecule has 0 unspecified atom stereocenters. The van der Waals surface area contributed by atoms with Gasteiger partial charge in [0.25, 0.3) is 10.0 Å². The van der Waals surface area contributed by atoms with Crippen LogP contribution in [-0.4, -0.2) is 40.4 Å². The third-order valence-electron chi connectivity index (χ3n) is 3.77. The number of hydrogen-bond acceptors (Lipinski definition) is 5. The van der Waals surface area contributed by atoms with Crippen molar-refractivity contribution < 1.29 is 22.7 Å². The fourth-order valence-electron chi connectivity index (χ4n) is 2.31. The molecular weight excluding hydrogens is 368 g/mol. The number of methoxy groups -OCH3 is 1. The minimum absolute atomic E-state index is 0.0640. The van der Waals surface area contributed by atoms with Crippen LogP contribution in [0.2, 0.25) is 0 Å². The quantitative estimate of drug-likeness (QED) is 0.504. The Morgan fingerprint density at radius 2 is 1.63 bits per heavy atom. The number of amides is 1. The maximum atomic E-state index is 12.4. The van der Waals surface area contributed by atoms with Gasteiger partial charge in [0.2, 0.25) is 5.91 Å². The van der Waals surface area contributed by atoms with Crippen LogP contribution in [0.1, 0.15) is 22.8 Å². The fraction of sp³-hybridized carbons (Fsp3) is 0.263. The second kappa shape index (κ2) is 9.29. The maximum Gasteiger partial charge on any atom is 0.261 e. The van der Waals surface area contributed by atoms with E-state index in [0.717, 1.165) is 5.56 Å². The van der Waals surface area contributed by atoms with Crippen LogP contribution in [0, 0.1) is 0 Å². The lowest BCUT2D eigenvalue weighted by Gasteiger charge is -2.09. The summed E-state index contributed by atoms with van der Waals surface area (Å²) >= 11 is 0. The van der Waals surface area contributed by atoms with Gasteiger partial charge in [0.15, 0.2) is 5.78 Å². The molecule has 2 rings (SSSR count). The number of ketones is 1. The highest BCUT2D eigenvalue weighted by molar-refractivity contribution is 7.92. The lowest BCUT2D eigenvalue weighted by atomic mass is 10.1. The molecule has 0 spiro atoms. The molecule has 2 N–H and O–H groups in total. The minimum atomic E-state index is -3.76. The summed E-state index contributed by atoms with van der Waals surface area (Å²) in [6, 6.07) is 12.3. The van der Waals surface area contributed by atoms with Gasteiger partial charge in [0.1, 0.15) is 0 Å². The van der Waals surface area contributed by atoms with E-state index in [-0.39, 0.29) is 23.0 Å². The van der Waals surface area contributed by atoms with E-state index in [9.17, 15) is 18.0 Å². The number of anilines is 1. The number of sulfonamides is 1. The summed E-state index contributed by atoms with van der Waals surface area (Å²) in [4.78, 5) is 23.1. The lowest BCUT2D eigenvalue weighted by Crippen LogP contribution is -2.28.